The summed E-state index contributed by atoms with van der Waals surface area (Å²) in [5, 5.41) is 0. The molecule has 1 fully saturated rings. The number of amides is 1. The molecule has 1 aliphatic heterocycles. The van der Waals surface area contributed by atoms with E-state index in [-0.39, 0.29) is 5.91 Å². The van der Waals surface area contributed by atoms with E-state index in [4.69, 9.17) is 0 Å². The lowest BCUT2D eigenvalue weighted by atomic mass is 10.0. The number of rotatable bonds is 1. The molecule has 3 heteroatoms. The molecule has 0 aromatic carbocycles. The van der Waals surface area contributed by atoms with Gasteiger partial charge in [0.1, 0.15) is 0 Å². The molecule has 0 aromatic heterocycles. The SMILES string of the molecule is C[C@H]1CCCCN1C(=O)C(C)(C)Br. The first-order valence-corrected chi connectivity index (χ1v) is 5.72. The predicted octanol–water partition coefficient (Wildman–Crippen LogP) is 2.56. The molecule has 0 aliphatic carbocycles. The maximum Gasteiger partial charge on any atom is 0.239 e. The molecule has 1 amide bonds. The molecule has 0 unspecified atom stereocenters. The lowest BCUT2D eigenvalue weighted by molar-refractivity contribution is -0.136. The fraction of sp³-hybridized carbons (Fsp3) is 0.900. The van der Waals surface area contributed by atoms with Crippen LogP contribution in [0, 0.1) is 0 Å². The molecule has 0 bridgehead atoms. The van der Waals surface area contributed by atoms with Crippen LogP contribution in [0.15, 0.2) is 0 Å². The van der Waals surface area contributed by atoms with Crippen LogP contribution in [0.4, 0.5) is 0 Å². The van der Waals surface area contributed by atoms with Gasteiger partial charge >= 0.3 is 0 Å². The molecule has 1 aliphatic rings. The third-order valence-electron chi connectivity index (χ3n) is 2.57. The van der Waals surface area contributed by atoms with Gasteiger partial charge < -0.3 is 4.90 Å². The molecule has 1 rings (SSSR count). The van der Waals surface area contributed by atoms with Crippen molar-refractivity contribution in [1.82, 2.24) is 4.90 Å². The summed E-state index contributed by atoms with van der Waals surface area (Å²) >= 11 is 3.42. The highest BCUT2D eigenvalue weighted by Gasteiger charge is 2.32. The Bertz CT molecular complexity index is 198. The van der Waals surface area contributed by atoms with E-state index in [2.05, 4.69) is 22.9 Å². The van der Waals surface area contributed by atoms with Gasteiger partial charge in [-0.25, -0.2) is 0 Å². The summed E-state index contributed by atoms with van der Waals surface area (Å²) in [5.41, 5.74) is 0. The van der Waals surface area contributed by atoms with E-state index in [9.17, 15) is 4.79 Å². The van der Waals surface area contributed by atoms with E-state index < -0.39 is 4.32 Å². The first-order valence-electron chi connectivity index (χ1n) is 4.93. The van der Waals surface area contributed by atoms with Crippen LogP contribution >= 0.6 is 15.9 Å². The normalized spacial score (nSPS) is 24.6. The van der Waals surface area contributed by atoms with Crippen LogP contribution in [0.1, 0.15) is 40.0 Å². The average Bonchev–Trinajstić information content (AvgIpc) is 2.02. The minimum absolute atomic E-state index is 0.222. The zero-order valence-electron chi connectivity index (χ0n) is 8.64. The summed E-state index contributed by atoms with van der Waals surface area (Å²) in [6.07, 6.45) is 3.56. The molecule has 1 saturated heterocycles. The van der Waals surface area contributed by atoms with Crippen molar-refractivity contribution in [2.75, 3.05) is 6.54 Å². The first-order chi connectivity index (χ1) is 5.93. The fourth-order valence-corrected chi connectivity index (χ4v) is 1.97. The molecule has 76 valence electrons. The summed E-state index contributed by atoms with van der Waals surface area (Å²) in [7, 11) is 0. The maximum absolute atomic E-state index is 11.9. The fourth-order valence-electron chi connectivity index (χ4n) is 1.74. The lowest BCUT2D eigenvalue weighted by Crippen LogP contribution is -2.48. The molecule has 0 aromatic rings. The molecule has 1 heterocycles. The second-order valence-electron chi connectivity index (χ2n) is 4.32. The third-order valence-corrected chi connectivity index (χ3v) is 2.91. The molecule has 0 radical (unpaired) electrons. The first kappa shape index (κ1) is 11.0. The highest BCUT2D eigenvalue weighted by molar-refractivity contribution is 9.10. The molecule has 2 nitrogen and oxygen atoms in total. The Morgan fingerprint density at radius 1 is 1.46 bits per heavy atom. The van der Waals surface area contributed by atoms with Gasteiger partial charge in [0.25, 0.3) is 0 Å². The Labute approximate surface area is 88.8 Å². The number of carbonyl (C=O) groups is 1. The number of alkyl halides is 1. The lowest BCUT2D eigenvalue weighted by Gasteiger charge is -2.36. The number of halogens is 1. The van der Waals surface area contributed by atoms with Crippen LogP contribution in [0.5, 0.6) is 0 Å². The van der Waals surface area contributed by atoms with Crippen LogP contribution in [0.25, 0.3) is 0 Å². The molecule has 13 heavy (non-hydrogen) atoms. The van der Waals surface area contributed by atoms with Crippen LogP contribution in [-0.4, -0.2) is 27.7 Å². The van der Waals surface area contributed by atoms with Crippen molar-refractivity contribution in [2.24, 2.45) is 0 Å². The second kappa shape index (κ2) is 3.99. The van der Waals surface area contributed by atoms with E-state index in [1.807, 2.05) is 18.7 Å². The second-order valence-corrected chi connectivity index (χ2v) is 6.30. The quantitative estimate of drug-likeness (QED) is 0.653. The summed E-state index contributed by atoms with van der Waals surface area (Å²) in [4.78, 5) is 13.9. The molecule has 1 atom stereocenters. The number of hydrogen-bond acceptors (Lipinski definition) is 1. The Kier molecular flexibility index (Phi) is 3.38. The third kappa shape index (κ3) is 2.70. The standard InChI is InChI=1S/C10H18BrNO/c1-8-6-4-5-7-12(8)9(13)10(2,3)11/h8H,4-7H2,1-3H3/t8-/m0/s1. The Morgan fingerprint density at radius 2 is 2.08 bits per heavy atom. The van der Waals surface area contributed by atoms with Gasteiger partial charge in [-0.3, -0.25) is 4.79 Å². The summed E-state index contributed by atoms with van der Waals surface area (Å²) in [5.74, 6) is 0.222. The Balaban J connectivity index is 2.64. The minimum Gasteiger partial charge on any atom is -0.339 e. The smallest absolute Gasteiger partial charge is 0.239 e. The van der Waals surface area contributed by atoms with Gasteiger partial charge in [-0.1, -0.05) is 15.9 Å². The predicted molar refractivity (Wildman–Crippen MR) is 58.0 cm³/mol. The van der Waals surface area contributed by atoms with Crippen molar-refractivity contribution in [3.8, 4) is 0 Å². The Morgan fingerprint density at radius 3 is 2.54 bits per heavy atom. The largest absolute Gasteiger partial charge is 0.339 e. The van der Waals surface area contributed by atoms with Crippen molar-refractivity contribution >= 4 is 21.8 Å². The molecule has 0 saturated carbocycles. The van der Waals surface area contributed by atoms with Gasteiger partial charge in [-0.05, 0) is 40.0 Å². The summed E-state index contributed by atoms with van der Waals surface area (Å²) < 4.78 is -0.404. The van der Waals surface area contributed by atoms with E-state index in [0.717, 1.165) is 19.4 Å². The number of piperidine rings is 1. The molecular weight excluding hydrogens is 230 g/mol. The molecule has 0 N–H and O–H groups in total. The number of likely N-dealkylation sites (tertiary alicyclic amines) is 1. The van der Waals surface area contributed by atoms with Crippen molar-refractivity contribution in [2.45, 2.75) is 50.4 Å². The minimum atomic E-state index is -0.404. The monoisotopic (exact) mass is 247 g/mol. The van der Waals surface area contributed by atoms with E-state index >= 15 is 0 Å². The maximum atomic E-state index is 11.9. The summed E-state index contributed by atoms with van der Waals surface area (Å²) in [6, 6.07) is 0.415. The topological polar surface area (TPSA) is 20.3 Å². The number of nitrogens with zero attached hydrogens (tertiary/aromatic N) is 1. The van der Waals surface area contributed by atoms with Crippen LogP contribution in [0.2, 0.25) is 0 Å². The molecular formula is C10H18BrNO. The van der Waals surface area contributed by atoms with Gasteiger partial charge in [0.2, 0.25) is 5.91 Å². The van der Waals surface area contributed by atoms with Gasteiger partial charge in [0.05, 0.1) is 4.32 Å². The van der Waals surface area contributed by atoms with Gasteiger partial charge in [-0.2, -0.15) is 0 Å². The average molecular weight is 248 g/mol. The zero-order valence-corrected chi connectivity index (χ0v) is 10.2. The zero-order chi connectivity index (χ0) is 10.1. The van der Waals surface area contributed by atoms with Crippen LogP contribution in [0.3, 0.4) is 0 Å². The van der Waals surface area contributed by atoms with E-state index in [0.29, 0.717) is 6.04 Å². The van der Waals surface area contributed by atoms with Crippen molar-refractivity contribution in [3.05, 3.63) is 0 Å². The number of hydrogen-bond donors (Lipinski definition) is 0. The highest BCUT2D eigenvalue weighted by Crippen LogP contribution is 2.24. The molecule has 0 spiro atoms. The van der Waals surface area contributed by atoms with Crippen LogP contribution in [-0.2, 0) is 4.79 Å². The van der Waals surface area contributed by atoms with Crippen molar-refractivity contribution in [3.63, 3.8) is 0 Å². The van der Waals surface area contributed by atoms with E-state index in [1.54, 1.807) is 0 Å². The van der Waals surface area contributed by atoms with Crippen molar-refractivity contribution < 1.29 is 4.79 Å². The van der Waals surface area contributed by atoms with Gasteiger partial charge in [0.15, 0.2) is 0 Å². The van der Waals surface area contributed by atoms with E-state index in [1.165, 1.54) is 6.42 Å². The number of carbonyl (C=O) groups excluding carboxylic acids is 1. The van der Waals surface area contributed by atoms with Crippen molar-refractivity contribution in [1.29, 1.82) is 0 Å². The highest BCUT2D eigenvalue weighted by atomic mass is 79.9. The van der Waals surface area contributed by atoms with Crippen LogP contribution < -0.4 is 0 Å². The summed E-state index contributed by atoms with van der Waals surface area (Å²) in [6.45, 7) is 6.89. The van der Waals surface area contributed by atoms with Gasteiger partial charge in [-0.15, -0.1) is 0 Å². The Hall–Kier alpha value is -0.0500. The van der Waals surface area contributed by atoms with Gasteiger partial charge in [0, 0.05) is 12.6 Å².